The molecule has 3 rings (SSSR count). The second-order valence-corrected chi connectivity index (χ2v) is 4.56. The molecule has 2 heterocycles. The van der Waals surface area contributed by atoms with Crippen molar-refractivity contribution in [2.45, 2.75) is 6.42 Å². The molecule has 5 nitrogen and oxygen atoms in total. The number of nitrogen functional groups attached to an aromatic ring is 1. The van der Waals surface area contributed by atoms with Crippen LogP contribution in [0.25, 0.3) is 0 Å². The summed E-state index contributed by atoms with van der Waals surface area (Å²) in [6.45, 7) is 0.538. The van der Waals surface area contributed by atoms with Gasteiger partial charge >= 0.3 is 0 Å². The van der Waals surface area contributed by atoms with E-state index >= 15 is 0 Å². The molecule has 1 amide bonds. The third kappa shape index (κ3) is 2.10. The number of aromatic nitrogens is 1. The van der Waals surface area contributed by atoms with E-state index in [0.29, 0.717) is 23.6 Å². The summed E-state index contributed by atoms with van der Waals surface area (Å²) in [7, 11) is 0. The van der Waals surface area contributed by atoms with E-state index in [-0.39, 0.29) is 11.7 Å². The Morgan fingerprint density at radius 3 is 2.90 bits per heavy atom. The number of hydrogen-bond acceptors (Lipinski definition) is 4. The van der Waals surface area contributed by atoms with Crippen LogP contribution in [0.4, 0.5) is 15.8 Å². The average Bonchev–Trinajstić information content (AvgIpc) is 2.89. The Morgan fingerprint density at radius 2 is 2.20 bits per heavy atom. The summed E-state index contributed by atoms with van der Waals surface area (Å²) in [6.07, 6.45) is 2.21. The molecule has 6 heteroatoms. The molecule has 0 bridgehead atoms. The first-order valence-corrected chi connectivity index (χ1v) is 6.22. The highest BCUT2D eigenvalue weighted by Gasteiger charge is 2.26. The van der Waals surface area contributed by atoms with Gasteiger partial charge in [-0.2, -0.15) is 0 Å². The largest absolute Gasteiger partial charge is 0.323 e. The second kappa shape index (κ2) is 4.90. The molecule has 0 radical (unpaired) electrons. The minimum Gasteiger partial charge on any atom is -0.323 e. The number of benzene rings is 1. The third-order valence-electron chi connectivity index (χ3n) is 3.34. The number of carbonyl (C=O) groups excluding carboxylic acids is 1. The number of amides is 1. The van der Waals surface area contributed by atoms with Gasteiger partial charge < -0.3 is 10.3 Å². The molecule has 1 aromatic heterocycles. The minimum absolute atomic E-state index is 0.238. The maximum atomic E-state index is 13.3. The molecule has 0 aliphatic carbocycles. The van der Waals surface area contributed by atoms with E-state index in [1.165, 1.54) is 18.3 Å². The number of halogens is 1. The fraction of sp³-hybridized carbons (Fsp3) is 0.143. The Morgan fingerprint density at radius 1 is 1.35 bits per heavy atom. The molecular weight excluding hydrogens is 259 g/mol. The first kappa shape index (κ1) is 12.6. The Labute approximate surface area is 115 Å². The smallest absolute Gasteiger partial charge is 0.276 e. The number of nitrogens with two attached hydrogens (primary N) is 1. The molecule has 0 atom stereocenters. The Hall–Kier alpha value is -2.47. The molecule has 0 unspecified atom stereocenters. The lowest BCUT2D eigenvalue weighted by atomic mass is 10.1. The minimum atomic E-state index is -0.348. The highest BCUT2D eigenvalue weighted by molar-refractivity contribution is 6.06. The molecule has 1 aliphatic heterocycles. The first-order chi connectivity index (χ1) is 9.69. The van der Waals surface area contributed by atoms with Crippen molar-refractivity contribution in [3.63, 3.8) is 0 Å². The lowest BCUT2D eigenvalue weighted by molar-refractivity contribution is 0.0984. The van der Waals surface area contributed by atoms with Crippen LogP contribution < -0.4 is 16.2 Å². The molecule has 2 aromatic rings. The zero-order valence-corrected chi connectivity index (χ0v) is 10.6. The Kier molecular flexibility index (Phi) is 3.08. The summed E-state index contributed by atoms with van der Waals surface area (Å²) in [5, 5.41) is 0. The van der Waals surface area contributed by atoms with Crippen LogP contribution in [0.3, 0.4) is 0 Å². The topological polar surface area (TPSA) is 71.2 Å². The van der Waals surface area contributed by atoms with Crippen molar-refractivity contribution >= 4 is 17.3 Å². The van der Waals surface area contributed by atoms with Crippen LogP contribution in [-0.2, 0) is 6.42 Å². The van der Waals surface area contributed by atoms with Crippen molar-refractivity contribution < 1.29 is 9.18 Å². The number of fused-ring (bicyclic) bond motifs is 1. The maximum Gasteiger partial charge on any atom is 0.276 e. The summed E-state index contributed by atoms with van der Waals surface area (Å²) in [6, 6.07) is 7.77. The quantitative estimate of drug-likeness (QED) is 0.645. The Balaban J connectivity index is 1.91. The molecule has 0 fully saturated rings. The zero-order chi connectivity index (χ0) is 14.1. The number of nitrogens with one attached hydrogen (secondary N) is 1. The first-order valence-electron chi connectivity index (χ1n) is 6.22. The number of nitrogens with zero attached hydrogens (tertiary/aromatic N) is 2. The van der Waals surface area contributed by atoms with Crippen molar-refractivity contribution in [2.75, 3.05) is 16.9 Å². The summed E-state index contributed by atoms with van der Waals surface area (Å²) in [5.74, 6) is 4.66. The van der Waals surface area contributed by atoms with E-state index < -0.39 is 0 Å². The number of rotatable bonds is 2. The summed E-state index contributed by atoms with van der Waals surface area (Å²) >= 11 is 0. The van der Waals surface area contributed by atoms with E-state index in [4.69, 9.17) is 5.84 Å². The molecule has 0 saturated heterocycles. The maximum absolute atomic E-state index is 13.3. The average molecular weight is 272 g/mol. The molecule has 1 aliphatic rings. The van der Waals surface area contributed by atoms with Crippen molar-refractivity contribution in [3.05, 3.63) is 53.6 Å². The van der Waals surface area contributed by atoms with Crippen LogP contribution in [-0.4, -0.2) is 17.4 Å². The van der Waals surface area contributed by atoms with Crippen LogP contribution >= 0.6 is 0 Å². The number of anilines is 2. The SMILES string of the molecule is NNc1ccc(C(=O)N2CCc3ccc(F)cc32)nc1. The van der Waals surface area contributed by atoms with Crippen LogP contribution in [0.5, 0.6) is 0 Å². The molecular formula is C14H13FN4O. The zero-order valence-electron chi connectivity index (χ0n) is 10.6. The molecule has 20 heavy (non-hydrogen) atoms. The van der Waals surface area contributed by atoms with Gasteiger partial charge in [0.05, 0.1) is 17.6 Å². The van der Waals surface area contributed by atoms with Gasteiger partial charge in [-0.25, -0.2) is 9.37 Å². The van der Waals surface area contributed by atoms with Gasteiger partial charge in [0.15, 0.2) is 0 Å². The third-order valence-corrected chi connectivity index (χ3v) is 3.34. The Bertz CT molecular complexity index is 657. The van der Waals surface area contributed by atoms with Crippen LogP contribution in [0.2, 0.25) is 0 Å². The normalized spacial score (nSPS) is 13.2. The lowest BCUT2D eigenvalue weighted by Crippen LogP contribution is -2.29. The van der Waals surface area contributed by atoms with Gasteiger partial charge in [-0.3, -0.25) is 10.6 Å². The summed E-state index contributed by atoms with van der Waals surface area (Å²) in [4.78, 5) is 18.0. The van der Waals surface area contributed by atoms with Crippen LogP contribution in [0.15, 0.2) is 36.5 Å². The lowest BCUT2D eigenvalue weighted by Gasteiger charge is -2.17. The van der Waals surface area contributed by atoms with Crippen LogP contribution in [0.1, 0.15) is 16.1 Å². The number of hydrogen-bond donors (Lipinski definition) is 2. The van der Waals surface area contributed by atoms with Crippen LogP contribution in [0, 0.1) is 5.82 Å². The predicted octanol–water partition coefficient (Wildman–Crippen LogP) is 1.71. The van der Waals surface area contributed by atoms with Gasteiger partial charge in [-0.1, -0.05) is 6.07 Å². The van der Waals surface area contributed by atoms with E-state index in [1.807, 2.05) is 0 Å². The van der Waals surface area contributed by atoms with Gasteiger partial charge in [0, 0.05) is 6.54 Å². The second-order valence-electron chi connectivity index (χ2n) is 4.56. The summed E-state index contributed by atoms with van der Waals surface area (Å²) in [5.41, 5.74) is 4.97. The number of hydrazine groups is 1. The van der Waals surface area contributed by atoms with E-state index in [0.717, 1.165) is 12.0 Å². The molecule has 0 spiro atoms. The summed E-state index contributed by atoms with van der Waals surface area (Å²) < 4.78 is 13.3. The van der Waals surface area contributed by atoms with Gasteiger partial charge in [0.25, 0.3) is 5.91 Å². The fourth-order valence-electron chi connectivity index (χ4n) is 2.31. The van der Waals surface area contributed by atoms with E-state index in [2.05, 4.69) is 10.4 Å². The van der Waals surface area contributed by atoms with Crippen molar-refractivity contribution in [1.29, 1.82) is 0 Å². The van der Waals surface area contributed by atoms with Gasteiger partial charge in [0.1, 0.15) is 11.5 Å². The molecule has 3 N–H and O–H groups in total. The van der Waals surface area contributed by atoms with Crippen molar-refractivity contribution in [3.8, 4) is 0 Å². The standard InChI is InChI=1S/C14H13FN4O/c15-10-2-1-9-5-6-19(13(9)7-10)14(20)12-4-3-11(18-16)8-17-12/h1-4,7-8,18H,5-6,16H2. The van der Waals surface area contributed by atoms with Crippen molar-refractivity contribution in [2.24, 2.45) is 5.84 Å². The van der Waals surface area contributed by atoms with Gasteiger partial charge in [0.2, 0.25) is 0 Å². The molecule has 102 valence electrons. The van der Waals surface area contributed by atoms with Crippen molar-refractivity contribution in [1.82, 2.24) is 4.98 Å². The predicted molar refractivity (Wildman–Crippen MR) is 73.8 cm³/mol. The van der Waals surface area contributed by atoms with E-state index in [9.17, 15) is 9.18 Å². The fourth-order valence-corrected chi connectivity index (χ4v) is 2.31. The highest BCUT2D eigenvalue weighted by Crippen LogP contribution is 2.29. The highest BCUT2D eigenvalue weighted by atomic mass is 19.1. The number of pyridine rings is 1. The number of carbonyl (C=O) groups is 1. The molecule has 0 saturated carbocycles. The van der Waals surface area contributed by atoms with E-state index in [1.54, 1.807) is 23.1 Å². The van der Waals surface area contributed by atoms with Gasteiger partial charge in [-0.15, -0.1) is 0 Å². The molecule has 1 aromatic carbocycles. The van der Waals surface area contributed by atoms with Gasteiger partial charge in [-0.05, 0) is 36.2 Å². The monoisotopic (exact) mass is 272 g/mol.